The highest BCUT2D eigenvalue weighted by Gasteiger charge is 2.44. The summed E-state index contributed by atoms with van der Waals surface area (Å²) in [7, 11) is 0. The van der Waals surface area contributed by atoms with Crippen LogP contribution in [0.4, 0.5) is 0 Å². The SMILES string of the molecule is CC(C1CC1)N1CC(=O)NC(C(C)(C)C)C1=O. The number of carbonyl (C=O) groups is 2. The second kappa shape index (κ2) is 4.00. The largest absolute Gasteiger partial charge is 0.342 e. The minimum atomic E-state index is -0.384. The van der Waals surface area contributed by atoms with Gasteiger partial charge in [-0.25, -0.2) is 0 Å². The van der Waals surface area contributed by atoms with E-state index in [1.54, 1.807) is 4.90 Å². The van der Waals surface area contributed by atoms with Crippen molar-refractivity contribution in [2.75, 3.05) is 6.54 Å². The van der Waals surface area contributed by atoms with E-state index in [1.165, 1.54) is 12.8 Å². The summed E-state index contributed by atoms with van der Waals surface area (Å²) in [5.41, 5.74) is -0.227. The number of carbonyl (C=O) groups excluding carboxylic acids is 2. The highest BCUT2D eigenvalue weighted by atomic mass is 16.2. The van der Waals surface area contributed by atoms with Crippen LogP contribution in [0.25, 0.3) is 0 Å². The summed E-state index contributed by atoms with van der Waals surface area (Å²) in [5, 5.41) is 2.82. The Morgan fingerprint density at radius 1 is 1.29 bits per heavy atom. The summed E-state index contributed by atoms with van der Waals surface area (Å²) in [6, 6.07) is -0.177. The van der Waals surface area contributed by atoms with E-state index in [2.05, 4.69) is 12.2 Å². The molecule has 2 fully saturated rings. The van der Waals surface area contributed by atoms with E-state index in [4.69, 9.17) is 0 Å². The van der Waals surface area contributed by atoms with Crippen molar-refractivity contribution >= 4 is 11.8 Å². The van der Waals surface area contributed by atoms with Gasteiger partial charge in [0.15, 0.2) is 0 Å². The van der Waals surface area contributed by atoms with Gasteiger partial charge in [0.2, 0.25) is 11.8 Å². The number of amides is 2. The molecule has 2 rings (SSSR count). The first-order valence-electron chi connectivity index (χ1n) is 6.40. The highest BCUT2D eigenvalue weighted by molar-refractivity contribution is 5.95. The molecule has 2 amide bonds. The van der Waals surface area contributed by atoms with Crippen LogP contribution in [0.5, 0.6) is 0 Å². The van der Waals surface area contributed by atoms with Gasteiger partial charge in [-0.3, -0.25) is 9.59 Å². The molecule has 0 aromatic carbocycles. The summed E-state index contributed by atoms with van der Waals surface area (Å²) in [4.78, 5) is 25.9. The average Bonchev–Trinajstić information content (AvgIpc) is 3.01. The second-order valence-corrected chi connectivity index (χ2v) is 6.41. The van der Waals surface area contributed by atoms with Gasteiger partial charge < -0.3 is 10.2 Å². The fourth-order valence-electron chi connectivity index (χ4n) is 2.43. The second-order valence-electron chi connectivity index (χ2n) is 6.41. The number of nitrogens with one attached hydrogen (secondary N) is 1. The molecular weight excluding hydrogens is 216 g/mol. The van der Waals surface area contributed by atoms with Crippen molar-refractivity contribution in [1.29, 1.82) is 0 Å². The predicted octanol–water partition coefficient (Wildman–Crippen LogP) is 1.16. The van der Waals surface area contributed by atoms with Crippen LogP contribution >= 0.6 is 0 Å². The van der Waals surface area contributed by atoms with Crippen LogP contribution < -0.4 is 5.32 Å². The summed E-state index contributed by atoms with van der Waals surface area (Å²) >= 11 is 0. The third kappa shape index (κ3) is 2.45. The first-order chi connectivity index (χ1) is 7.80. The van der Waals surface area contributed by atoms with Crippen molar-refractivity contribution in [3.8, 4) is 0 Å². The topological polar surface area (TPSA) is 49.4 Å². The van der Waals surface area contributed by atoms with Crippen molar-refractivity contribution in [2.24, 2.45) is 11.3 Å². The van der Waals surface area contributed by atoms with E-state index in [0.29, 0.717) is 5.92 Å². The molecule has 0 bridgehead atoms. The lowest BCUT2D eigenvalue weighted by Gasteiger charge is -2.41. The minimum Gasteiger partial charge on any atom is -0.342 e. The smallest absolute Gasteiger partial charge is 0.246 e. The monoisotopic (exact) mass is 238 g/mol. The first-order valence-corrected chi connectivity index (χ1v) is 6.40. The lowest BCUT2D eigenvalue weighted by Crippen LogP contribution is -2.64. The third-order valence-electron chi connectivity index (χ3n) is 3.81. The van der Waals surface area contributed by atoms with Crippen LogP contribution in [0.3, 0.4) is 0 Å². The maximum absolute atomic E-state index is 12.4. The molecule has 0 spiro atoms. The summed E-state index contributed by atoms with van der Waals surface area (Å²) in [6.45, 7) is 8.25. The Kier molecular flexibility index (Phi) is 2.92. The van der Waals surface area contributed by atoms with Crippen LogP contribution in [-0.4, -0.2) is 35.3 Å². The molecule has 1 aliphatic heterocycles. The summed E-state index contributed by atoms with van der Waals surface area (Å²) in [5.74, 6) is 0.652. The molecular formula is C13H22N2O2. The number of rotatable bonds is 2. The van der Waals surface area contributed by atoms with E-state index in [0.717, 1.165) is 0 Å². The van der Waals surface area contributed by atoms with E-state index in [9.17, 15) is 9.59 Å². The van der Waals surface area contributed by atoms with Crippen molar-refractivity contribution in [3.05, 3.63) is 0 Å². The maximum atomic E-state index is 12.4. The molecule has 1 aliphatic carbocycles. The number of hydrogen-bond acceptors (Lipinski definition) is 2. The molecule has 2 aliphatic rings. The van der Waals surface area contributed by atoms with Crippen molar-refractivity contribution in [1.82, 2.24) is 10.2 Å². The Hall–Kier alpha value is -1.06. The fraction of sp³-hybridized carbons (Fsp3) is 0.846. The van der Waals surface area contributed by atoms with Gasteiger partial charge in [-0.1, -0.05) is 20.8 Å². The van der Waals surface area contributed by atoms with Crippen molar-refractivity contribution in [3.63, 3.8) is 0 Å². The maximum Gasteiger partial charge on any atom is 0.246 e. The van der Waals surface area contributed by atoms with Crippen molar-refractivity contribution in [2.45, 2.75) is 52.6 Å². The van der Waals surface area contributed by atoms with Gasteiger partial charge in [-0.15, -0.1) is 0 Å². The standard InChI is InChI=1S/C13H22N2O2/c1-8(9-5-6-9)15-7-10(16)14-11(12(15)17)13(2,3)4/h8-9,11H,5-7H2,1-4H3,(H,14,16). The number of nitrogens with zero attached hydrogens (tertiary/aromatic N) is 1. The molecule has 1 N–H and O–H groups in total. The zero-order valence-corrected chi connectivity index (χ0v) is 11.1. The van der Waals surface area contributed by atoms with Gasteiger partial charge in [0.1, 0.15) is 6.04 Å². The van der Waals surface area contributed by atoms with Gasteiger partial charge in [-0.2, -0.15) is 0 Å². The Morgan fingerprint density at radius 2 is 1.88 bits per heavy atom. The molecule has 0 aromatic rings. The molecule has 2 atom stereocenters. The lowest BCUT2D eigenvalue weighted by atomic mass is 9.84. The van der Waals surface area contributed by atoms with Gasteiger partial charge in [-0.05, 0) is 31.1 Å². The van der Waals surface area contributed by atoms with E-state index < -0.39 is 0 Å². The molecule has 1 saturated carbocycles. The molecule has 96 valence electrons. The Labute approximate surface area is 103 Å². The molecule has 4 heteroatoms. The highest BCUT2D eigenvalue weighted by Crippen LogP contribution is 2.36. The molecule has 1 heterocycles. The zero-order valence-electron chi connectivity index (χ0n) is 11.1. The van der Waals surface area contributed by atoms with Gasteiger partial charge >= 0.3 is 0 Å². The van der Waals surface area contributed by atoms with Gasteiger partial charge in [0.05, 0.1) is 6.54 Å². The Morgan fingerprint density at radius 3 is 2.35 bits per heavy atom. The number of hydrogen-bond donors (Lipinski definition) is 1. The first kappa shape index (κ1) is 12.4. The molecule has 2 unspecified atom stereocenters. The van der Waals surface area contributed by atoms with Gasteiger partial charge in [0.25, 0.3) is 0 Å². The molecule has 0 radical (unpaired) electrons. The summed E-state index contributed by atoms with van der Waals surface area (Å²) < 4.78 is 0. The van der Waals surface area contributed by atoms with E-state index in [-0.39, 0.29) is 35.9 Å². The van der Waals surface area contributed by atoms with E-state index in [1.807, 2.05) is 20.8 Å². The lowest BCUT2D eigenvalue weighted by molar-refractivity contribution is -0.149. The van der Waals surface area contributed by atoms with Gasteiger partial charge in [0, 0.05) is 6.04 Å². The minimum absolute atomic E-state index is 0.0305. The normalized spacial score (nSPS) is 28.0. The van der Waals surface area contributed by atoms with E-state index >= 15 is 0 Å². The molecule has 17 heavy (non-hydrogen) atoms. The fourth-order valence-corrected chi connectivity index (χ4v) is 2.43. The quantitative estimate of drug-likeness (QED) is 0.784. The van der Waals surface area contributed by atoms with Crippen LogP contribution in [0.15, 0.2) is 0 Å². The number of piperazine rings is 1. The van der Waals surface area contributed by atoms with Crippen LogP contribution in [-0.2, 0) is 9.59 Å². The van der Waals surface area contributed by atoms with Crippen LogP contribution in [0.2, 0.25) is 0 Å². The Bertz CT molecular complexity index is 342. The van der Waals surface area contributed by atoms with Crippen LogP contribution in [0, 0.1) is 11.3 Å². The molecule has 1 saturated heterocycles. The molecule has 0 aromatic heterocycles. The molecule has 4 nitrogen and oxygen atoms in total. The van der Waals surface area contributed by atoms with Crippen molar-refractivity contribution < 1.29 is 9.59 Å². The predicted molar refractivity (Wildman–Crippen MR) is 65.3 cm³/mol. The zero-order chi connectivity index (χ0) is 12.8. The Balaban J connectivity index is 2.16. The van der Waals surface area contributed by atoms with Crippen LogP contribution in [0.1, 0.15) is 40.5 Å². The third-order valence-corrected chi connectivity index (χ3v) is 3.81. The summed E-state index contributed by atoms with van der Waals surface area (Å²) in [6.07, 6.45) is 2.37. The average molecular weight is 238 g/mol.